The number of fused-ring (bicyclic) bond motifs is 1. The number of rotatable bonds is 1. The Balaban J connectivity index is 0.00000192. The zero-order valence-corrected chi connectivity index (χ0v) is 13.5. The Morgan fingerprint density at radius 3 is 2.52 bits per heavy atom. The van der Waals surface area contributed by atoms with Crippen molar-refractivity contribution < 1.29 is 9.59 Å². The minimum absolute atomic E-state index is 0. The smallest absolute Gasteiger partial charge is 0.258 e. The van der Waals surface area contributed by atoms with Gasteiger partial charge in [-0.25, -0.2) is 0 Å². The van der Waals surface area contributed by atoms with Gasteiger partial charge in [0, 0.05) is 5.56 Å². The normalized spacial score (nSPS) is 16.7. The molecule has 3 N–H and O–H groups in total. The molecule has 2 aromatic rings. The molecule has 2 amide bonds. The molecule has 1 aliphatic heterocycles. The van der Waals surface area contributed by atoms with Crippen LogP contribution in [-0.2, 0) is 4.79 Å². The summed E-state index contributed by atoms with van der Waals surface area (Å²) in [6.45, 7) is 2.11. The second kappa shape index (κ2) is 6.81. The highest BCUT2D eigenvalue weighted by Gasteiger charge is 2.29. The minimum atomic E-state index is -0.762. The van der Waals surface area contributed by atoms with Gasteiger partial charge in [-0.2, -0.15) is 0 Å². The fourth-order valence-electron chi connectivity index (χ4n) is 2.46. The van der Waals surface area contributed by atoms with Crippen molar-refractivity contribution in [3.05, 3.63) is 59.7 Å². The molecule has 6 heteroatoms. The monoisotopic (exact) mass is 331 g/mol. The lowest BCUT2D eigenvalue weighted by Gasteiger charge is -2.23. The van der Waals surface area contributed by atoms with Crippen LogP contribution >= 0.6 is 12.4 Å². The van der Waals surface area contributed by atoms with Crippen molar-refractivity contribution in [2.24, 2.45) is 5.73 Å². The summed E-state index contributed by atoms with van der Waals surface area (Å²) < 4.78 is 0. The van der Waals surface area contributed by atoms with Gasteiger partial charge in [0.2, 0.25) is 5.91 Å². The number of aryl methyl sites for hydroxylation is 1. The van der Waals surface area contributed by atoms with Crippen molar-refractivity contribution in [1.29, 1.82) is 0 Å². The maximum atomic E-state index is 12.8. The molecule has 0 fully saturated rings. The number of hydrogen-bond acceptors (Lipinski definition) is 3. The summed E-state index contributed by atoms with van der Waals surface area (Å²) >= 11 is 0. The zero-order valence-electron chi connectivity index (χ0n) is 12.7. The fraction of sp³-hybridized carbons (Fsp3) is 0.176. The molecule has 3 rings (SSSR count). The van der Waals surface area contributed by atoms with Crippen LogP contribution in [0.4, 0.5) is 11.4 Å². The van der Waals surface area contributed by atoms with Gasteiger partial charge < -0.3 is 16.0 Å². The highest BCUT2D eigenvalue weighted by Crippen LogP contribution is 2.29. The Morgan fingerprint density at radius 1 is 1.17 bits per heavy atom. The Morgan fingerprint density at radius 2 is 1.83 bits per heavy atom. The van der Waals surface area contributed by atoms with Gasteiger partial charge in [0.15, 0.2) is 0 Å². The van der Waals surface area contributed by atoms with E-state index in [2.05, 4.69) is 5.32 Å². The van der Waals surface area contributed by atoms with Gasteiger partial charge in [-0.3, -0.25) is 9.59 Å². The number of anilines is 2. The summed E-state index contributed by atoms with van der Waals surface area (Å²) in [6, 6.07) is 13.8. The number of benzene rings is 2. The van der Waals surface area contributed by atoms with Crippen LogP contribution in [0.2, 0.25) is 0 Å². The van der Waals surface area contributed by atoms with Gasteiger partial charge in [-0.15, -0.1) is 12.4 Å². The van der Waals surface area contributed by atoms with E-state index in [1.807, 2.05) is 31.2 Å². The summed E-state index contributed by atoms with van der Waals surface area (Å²) in [5.74, 6) is -0.453. The molecule has 23 heavy (non-hydrogen) atoms. The summed E-state index contributed by atoms with van der Waals surface area (Å²) in [5, 5.41) is 2.76. The molecular formula is C17H18ClN3O2. The maximum Gasteiger partial charge on any atom is 0.258 e. The molecule has 1 heterocycles. The van der Waals surface area contributed by atoms with Crippen molar-refractivity contribution in [2.45, 2.75) is 13.0 Å². The first kappa shape index (κ1) is 17.0. The zero-order chi connectivity index (χ0) is 15.7. The Hall–Kier alpha value is -2.37. The average Bonchev–Trinajstić information content (AvgIpc) is 2.65. The largest absolute Gasteiger partial charge is 0.323 e. The highest BCUT2D eigenvalue weighted by molar-refractivity contribution is 6.11. The van der Waals surface area contributed by atoms with Gasteiger partial charge in [0.05, 0.1) is 17.9 Å². The molecule has 1 aliphatic rings. The number of hydrogen-bond donors (Lipinski definition) is 2. The SMILES string of the molecule is Cc1ccc(C(=O)N2CC(N)C(=O)Nc3ccccc32)cc1.Cl. The van der Waals surface area contributed by atoms with E-state index in [1.54, 1.807) is 29.2 Å². The maximum absolute atomic E-state index is 12.8. The van der Waals surface area contributed by atoms with E-state index in [0.29, 0.717) is 16.9 Å². The van der Waals surface area contributed by atoms with Crippen LogP contribution in [-0.4, -0.2) is 24.4 Å². The van der Waals surface area contributed by atoms with E-state index in [9.17, 15) is 9.59 Å². The molecule has 1 unspecified atom stereocenters. The number of nitrogens with zero attached hydrogens (tertiary/aromatic N) is 1. The number of carbonyl (C=O) groups is 2. The number of amides is 2. The standard InChI is InChI=1S/C17H17N3O2.ClH/c1-11-6-8-12(9-7-11)17(22)20-10-13(18)16(21)19-14-4-2-3-5-15(14)20;/h2-9,13H,10,18H2,1H3,(H,19,21);1H. The molecule has 0 aliphatic carbocycles. The molecule has 5 nitrogen and oxygen atoms in total. The van der Waals surface area contributed by atoms with Crippen molar-refractivity contribution >= 4 is 35.6 Å². The molecule has 2 aromatic carbocycles. The van der Waals surface area contributed by atoms with Crippen molar-refractivity contribution in [3.63, 3.8) is 0 Å². The topological polar surface area (TPSA) is 75.4 Å². The van der Waals surface area contributed by atoms with E-state index in [0.717, 1.165) is 5.56 Å². The number of carbonyl (C=O) groups excluding carboxylic acids is 2. The lowest BCUT2D eigenvalue weighted by atomic mass is 10.1. The third-order valence-electron chi connectivity index (χ3n) is 3.71. The van der Waals surface area contributed by atoms with Gasteiger partial charge in [-0.05, 0) is 31.2 Å². The Kier molecular flexibility index (Phi) is 5.03. The van der Waals surface area contributed by atoms with Crippen LogP contribution in [0, 0.1) is 6.92 Å². The minimum Gasteiger partial charge on any atom is -0.323 e. The molecule has 0 spiro atoms. The van der Waals surface area contributed by atoms with Crippen LogP contribution in [0.5, 0.6) is 0 Å². The summed E-state index contributed by atoms with van der Waals surface area (Å²) in [7, 11) is 0. The lowest BCUT2D eigenvalue weighted by molar-refractivity contribution is -0.117. The molecule has 0 radical (unpaired) electrons. The second-order valence-corrected chi connectivity index (χ2v) is 5.39. The number of halogens is 1. The predicted molar refractivity (Wildman–Crippen MR) is 93.2 cm³/mol. The van der Waals surface area contributed by atoms with Gasteiger partial charge in [-0.1, -0.05) is 29.8 Å². The second-order valence-electron chi connectivity index (χ2n) is 5.39. The first-order valence-electron chi connectivity index (χ1n) is 7.10. The summed E-state index contributed by atoms with van der Waals surface area (Å²) in [6.07, 6.45) is 0. The van der Waals surface area contributed by atoms with Crippen LogP contribution in [0.15, 0.2) is 48.5 Å². The van der Waals surface area contributed by atoms with Crippen molar-refractivity contribution in [1.82, 2.24) is 0 Å². The fourth-order valence-corrected chi connectivity index (χ4v) is 2.46. The number of para-hydroxylation sites is 2. The van der Waals surface area contributed by atoms with E-state index < -0.39 is 6.04 Å². The first-order chi connectivity index (χ1) is 10.6. The van der Waals surface area contributed by atoms with E-state index in [1.165, 1.54) is 0 Å². The lowest BCUT2D eigenvalue weighted by Crippen LogP contribution is -2.45. The molecule has 0 aromatic heterocycles. The summed E-state index contributed by atoms with van der Waals surface area (Å²) in [4.78, 5) is 26.3. The molecule has 120 valence electrons. The highest BCUT2D eigenvalue weighted by atomic mass is 35.5. The van der Waals surface area contributed by atoms with Gasteiger partial charge >= 0.3 is 0 Å². The van der Waals surface area contributed by atoms with Crippen LogP contribution in [0.1, 0.15) is 15.9 Å². The van der Waals surface area contributed by atoms with E-state index >= 15 is 0 Å². The average molecular weight is 332 g/mol. The predicted octanol–water partition coefficient (Wildman–Crippen LogP) is 2.34. The Labute approximate surface area is 140 Å². The number of nitrogens with one attached hydrogen (secondary N) is 1. The van der Waals surface area contributed by atoms with Crippen LogP contribution in [0.3, 0.4) is 0 Å². The van der Waals surface area contributed by atoms with E-state index in [4.69, 9.17) is 5.73 Å². The Bertz CT molecular complexity index is 731. The van der Waals surface area contributed by atoms with E-state index in [-0.39, 0.29) is 30.8 Å². The van der Waals surface area contributed by atoms with Crippen LogP contribution < -0.4 is 16.0 Å². The van der Waals surface area contributed by atoms with Crippen LogP contribution in [0.25, 0.3) is 0 Å². The van der Waals surface area contributed by atoms with Crippen molar-refractivity contribution in [3.8, 4) is 0 Å². The molecule has 0 bridgehead atoms. The molecule has 1 atom stereocenters. The van der Waals surface area contributed by atoms with Gasteiger partial charge in [0.25, 0.3) is 5.91 Å². The third-order valence-corrected chi connectivity index (χ3v) is 3.71. The molecule has 0 saturated carbocycles. The van der Waals surface area contributed by atoms with Crippen molar-refractivity contribution in [2.75, 3.05) is 16.8 Å². The first-order valence-corrected chi connectivity index (χ1v) is 7.10. The number of nitrogens with two attached hydrogens (primary N) is 1. The summed E-state index contributed by atoms with van der Waals surface area (Å²) in [5.41, 5.74) is 8.80. The van der Waals surface area contributed by atoms with Gasteiger partial charge in [0.1, 0.15) is 6.04 Å². The third kappa shape index (κ3) is 3.36. The molecule has 0 saturated heterocycles. The molecular weight excluding hydrogens is 314 g/mol. The quantitative estimate of drug-likeness (QED) is 0.842.